The van der Waals surface area contributed by atoms with Crippen LogP contribution in [0.15, 0.2) is 10.9 Å². The number of hydrogen-bond donors (Lipinski definition) is 2. The third-order valence-corrected chi connectivity index (χ3v) is 3.02. The van der Waals surface area contributed by atoms with Crippen LogP contribution in [0.5, 0.6) is 5.75 Å². The molecule has 0 bridgehead atoms. The monoisotopic (exact) mass is 306 g/mol. The number of nitrogens with one attached hydrogen (secondary N) is 1. The average Bonchev–Trinajstić information content (AvgIpc) is 2.40. The summed E-state index contributed by atoms with van der Waals surface area (Å²) in [6, 6.07) is 0.736. The number of aromatic amines is 1. The van der Waals surface area contributed by atoms with Crippen molar-refractivity contribution < 1.29 is 27.4 Å². The lowest BCUT2D eigenvalue weighted by Crippen LogP contribution is -2.30. The van der Waals surface area contributed by atoms with Crippen LogP contribution >= 0.6 is 0 Å². The predicted molar refractivity (Wildman–Crippen MR) is 65.1 cm³/mol. The fourth-order valence-corrected chi connectivity index (χ4v) is 1.97. The van der Waals surface area contributed by atoms with Gasteiger partial charge in [-0.15, -0.1) is 0 Å². The van der Waals surface area contributed by atoms with Gasteiger partial charge in [0.05, 0.1) is 13.2 Å². The molecule has 0 aromatic carbocycles. The molecule has 1 aliphatic heterocycles. The Morgan fingerprint density at radius 2 is 2.00 bits per heavy atom. The molecule has 1 aromatic rings. The van der Waals surface area contributed by atoms with Crippen molar-refractivity contribution in [3.8, 4) is 5.75 Å². The van der Waals surface area contributed by atoms with Crippen LogP contribution in [0.4, 0.5) is 13.2 Å². The molecule has 2 heterocycles. The van der Waals surface area contributed by atoms with E-state index in [1.54, 1.807) is 4.98 Å². The lowest BCUT2D eigenvalue weighted by atomic mass is 10.1. The van der Waals surface area contributed by atoms with E-state index in [0.717, 1.165) is 6.07 Å². The predicted octanol–water partition coefficient (Wildman–Crippen LogP) is 1.05. The van der Waals surface area contributed by atoms with E-state index in [4.69, 9.17) is 15.2 Å². The Morgan fingerprint density at radius 3 is 2.52 bits per heavy atom. The molecule has 2 rings (SSSR count). The van der Waals surface area contributed by atoms with Crippen LogP contribution < -0.4 is 16.0 Å². The number of H-pyrrole nitrogens is 1. The molecule has 1 saturated heterocycles. The van der Waals surface area contributed by atoms with Gasteiger partial charge in [0.2, 0.25) is 0 Å². The number of carbonyl (C=O) groups excluding carboxylic acids is 1. The van der Waals surface area contributed by atoms with E-state index in [1.807, 2.05) is 0 Å². The molecule has 0 saturated carbocycles. The highest BCUT2D eigenvalue weighted by Crippen LogP contribution is 2.35. The zero-order valence-corrected chi connectivity index (χ0v) is 10.8. The number of carbonyl (C=O) groups is 1. The van der Waals surface area contributed by atoms with E-state index in [2.05, 4.69) is 0 Å². The maximum Gasteiger partial charge on any atom is 0.435 e. The Morgan fingerprint density at radius 1 is 1.38 bits per heavy atom. The van der Waals surface area contributed by atoms with Gasteiger partial charge in [-0.1, -0.05) is 0 Å². The second-order valence-electron chi connectivity index (χ2n) is 4.54. The van der Waals surface area contributed by atoms with Crippen LogP contribution in [0.1, 0.15) is 28.9 Å². The van der Waals surface area contributed by atoms with Crippen molar-refractivity contribution in [2.24, 2.45) is 5.73 Å². The van der Waals surface area contributed by atoms with Gasteiger partial charge in [0, 0.05) is 18.9 Å². The van der Waals surface area contributed by atoms with E-state index >= 15 is 0 Å². The Hall–Kier alpha value is -2.03. The number of amides is 1. The Kier molecular flexibility index (Phi) is 4.21. The highest BCUT2D eigenvalue weighted by atomic mass is 19.4. The first kappa shape index (κ1) is 15.4. The lowest BCUT2D eigenvalue weighted by molar-refractivity contribution is -0.143. The first-order chi connectivity index (χ1) is 9.79. The average molecular weight is 306 g/mol. The number of hydrogen-bond acceptors (Lipinski definition) is 4. The fourth-order valence-electron chi connectivity index (χ4n) is 1.97. The standard InChI is InChI=1S/C12H13F3N2O4/c13-12(14,15)9-8(21-6-1-3-20-4-2-6)5-7(10(16)18)11(19)17-9/h5-6H,1-4H2,(H2,16,18)(H,17,19). The molecule has 3 N–H and O–H groups in total. The minimum atomic E-state index is -4.81. The van der Waals surface area contributed by atoms with Crippen molar-refractivity contribution in [3.05, 3.63) is 27.7 Å². The van der Waals surface area contributed by atoms with Crippen LogP contribution in [0.2, 0.25) is 0 Å². The van der Waals surface area contributed by atoms with Crippen molar-refractivity contribution in [1.82, 2.24) is 4.98 Å². The van der Waals surface area contributed by atoms with E-state index in [9.17, 15) is 22.8 Å². The molecule has 0 radical (unpaired) electrons. The van der Waals surface area contributed by atoms with E-state index in [1.165, 1.54) is 0 Å². The van der Waals surface area contributed by atoms with Crippen molar-refractivity contribution in [1.29, 1.82) is 0 Å². The van der Waals surface area contributed by atoms with Gasteiger partial charge < -0.3 is 20.2 Å². The summed E-state index contributed by atoms with van der Waals surface area (Å²) in [5, 5.41) is 0. The molecular formula is C12H13F3N2O4. The van der Waals surface area contributed by atoms with Gasteiger partial charge in [-0.05, 0) is 0 Å². The normalized spacial score (nSPS) is 16.7. The third-order valence-electron chi connectivity index (χ3n) is 3.02. The van der Waals surface area contributed by atoms with Crippen LogP contribution in [-0.4, -0.2) is 30.2 Å². The molecule has 0 spiro atoms. The summed E-state index contributed by atoms with van der Waals surface area (Å²) in [4.78, 5) is 24.1. The Bertz CT molecular complexity index is 591. The van der Waals surface area contributed by atoms with Gasteiger partial charge in [-0.25, -0.2) is 0 Å². The smallest absolute Gasteiger partial charge is 0.435 e. The number of pyridine rings is 1. The summed E-state index contributed by atoms with van der Waals surface area (Å²) in [6.07, 6.45) is -4.45. The molecule has 1 aromatic heterocycles. The zero-order chi connectivity index (χ0) is 15.6. The summed E-state index contributed by atoms with van der Waals surface area (Å²) in [5.74, 6) is -1.73. The quantitative estimate of drug-likeness (QED) is 0.872. The van der Waals surface area contributed by atoms with Gasteiger partial charge in [-0.3, -0.25) is 9.59 Å². The summed E-state index contributed by atoms with van der Waals surface area (Å²) in [5.41, 5.74) is 1.85. The molecular weight excluding hydrogens is 293 g/mol. The van der Waals surface area contributed by atoms with Crippen LogP contribution in [-0.2, 0) is 10.9 Å². The Balaban J connectivity index is 2.42. The first-order valence-electron chi connectivity index (χ1n) is 6.17. The van der Waals surface area contributed by atoms with Gasteiger partial charge in [0.25, 0.3) is 11.5 Å². The first-order valence-corrected chi connectivity index (χ1v) is 6.17. The lowest BCUT2D eigenvalue weighted by Gasteiger charge is -2.24. The summed E-state index contributed by atoms with van der Waals surface area (Å²) < 4.78 is 49.1. The molecule has 1 amide bonds. The molecule has 9 heteroatoms. The molecule has 1 aliphatic rings. The van der Waals surface area contributed by atoms with Gasteiger partial charge in [0.15, 0.2) is 5.69 Å². The molecule has 116 valence electrons. The van der Waals surface area contributed by atoms with E-state index in [-0.39, 0.29) is 0 Å². The topological polar surface area (TPSA) is 94.4 Å². The van der Waals surface area contributed by atoms with Crippen molar-refractivity contribution >= 4 is 5.91 Å². The third kappa shape index (κ3) is 3.54. The SMILES string of the molecule is NC(=O)c1cc(OC2CCOCC2)c(C(F)(F)F)[nH]c1=O. The molecule has 0 aliphatic carbocycles. The molecule has 6 nitrogen and oxygen atoms in total. The van der Waals surface area contributed by atoms with Gasteiger partial charge in [-0.2, -0.15) is 13.2 Å². The summed E-state index contributed by atoms with van der Waals surface area (Å²) in [7, 11) is 0. The highest BCUT2D eigenvalue weighted by Gasteiger charge is 2.37. The van der Waals surface area contributed by atoms with Crippen molar-refractivity contribution in [2.75, 3.05) is 13.2 Å². The number of aromatic nitrogens is 1. The van der Waals surface area contributed by atoms with Gasteiger partial charge in [0.1, 0.15) is 17.4 Å². The van der Waals surface area contributed by atoms with Crippen LogP contribution in [0.25, 0.3) is 0 Å². The highest BCUT2D eigenvalue weighted by molar-refractivity contribution is 5.92. The fraction of sp³-hybridized carbons (Fsp3) is 0.500. The number of nitrogens with two attached hydrogens (primary N) is 1. The molecule has 0 unspecified atom stereocenters. The zero-order valence-electron chi connectivity index (χ0n) is 10.8. The summed E-state index contributed by atoms with van der Waals surface area (Å²) in [6.45, 7) is 0.746. The number of rotatable bonds is 3. The number of ether oxygens (including phenoxy) is 2. The van der Waals surface area contributed by atoms with Gasteiger partial charge >= 0.3 is 6.18 Å². The number of primary amides is 1. The molecule has 21 heavy (non-hydrogen) atoms. The second kappa shape index (κ2) is 5.76. The van der Waals surface area contributed by atoms with Crippen molar-refractivity contribution in [3.63, 3.8) is 0 Å². The minimum Gasteiger partial charge on any atom is -0.488 e. The second-order valence-corrected chi connectivity index (χ2v) is 4.54. The van der Waals surface area contributed by atoms with Crippen LogP contribution in [0.3, 0.4) is 0 Å². The molecule has 1 fully saturated rings. The minimum absolute atomic E-state index is 0.373. The largest absolute Gasteiger partial charge is 0.488 e. The van der Waals surface area contributed by atoms with E-state index < -0.39 is 40.8 Å². The molecule has 0 atom stereocenters. The number of halogens is 3. The number of alkyl halides is 3. The Labute approximate surface area is 117 Å². The summed E-state index contributed by atoms with van der Waals surface area (Å²) >= 11 is 0. The van der Waals surface area contributed by atoms with Crippen molar-refractivity contribution in [2.45, 2.75) is 25.1 Å². The maximum absolute atomic E-state index is 12.9. The van der Waals surface area contributed by atoms with E-state index in [0.29, 0.717) is 26.1 Å². The maximum atomic E-state index is 12.9. The van der Waals surface area contributed by atoms with Crippen LogP contribution in [0, 0.1) is 0 Å².